The summed E-state index contributed by atoms with van der Waals surface area (Å²) in [5.74, 6) is 0.275. The number of carbonyl (C=O) groups is 2. The largest absolute Gasteiger partial charge is 0.462 e. The Morgan fingerprint density at radius 2 is 2.00 bits per heavy atom. The maximum Gasteiger partial charge on any atom is 0.311 e. The summed E-state index contributed by atoms with van der Waals surface area (Å²) in [6, 6.07) is 0. The van der Waals surface area contributed by atoms with E-state index in [0.29, 0.717) is 19.3 Å². The van der Waals surface area contributed by atoms with E-state index in [-0.39, 0.29) is 23.8 Å². The van der Waals surface area contributed by atoms with Gasteiger partial charge in [-0.05, 0) is 33.1 Å². The van der Waals surface area contributed by atoms with E-state index < -0.39 is 5.41 Å². The fourth-order valence-electron chi connectivity index (χ4n) is 1.67. The smallest absolute Gasteiger partial charge is 0.311 e. The van der Waals surface area contributed by atoms with Crippen molar-refractivity contribution in [2.75, 3.05) is 0 Å². The Labute approximate surface area is 91.2 Å². The molecule has 1 rings (SSSR count). The number of hydrogen-bond acceptors (Lipinski definition) is 3. The third-order valence-corrected chi connectivity index (χ3v) is 2.76. The highest BCUT2D eigenvalue weighted by Crippen LogP contribution is 2.27. The zero-order chi connectivity index (χ0) is 11.6. The molecule has 0 bridgehead atoms. The first-order valence-electron chi connectivity index (χ1n) is 5.53. The molecule has 86 valence electrons. The molecule has 0 aromatic carbocycles. The molecule has 2 unspecified atom stereocenters. The van der Waals surface area contributed by atoms with Gasteiger partial charge in [-0.1, -0.05) is 6.92 Å². The minimum absolute atomic E-state index is 0.0746. The van der Waals surface area contributed by atoms with Gasteiger partial charge >= 0.3 is 5.97 Å². The first kappa shape index (κ1) is 12.2. The molecule has 1 aliphatic rings. The molecular formula is C12H20O3. The van der Waals surface area contributed by atoms with Crippen LogP contribution in [0.5, 0.6) is 0 Å². The zero-order valence-electron chi connectivity index (χ0n) is 10.0. The van der Waals surface area contributed by atoms with Gasteiger partial charge in [0.15, 0.2) is 0 Å². The summed E-state index contributed by atoms with van der Waals surface area (Å²) in [7, 11) is 0. The number of esters is 1. The third-order valence-electron chi connectivity index (χ3n) is 2.76. The normalized spacial score (nSPS) is 27.6. The van der Waals surface area contributed by atoms with Gasteiger partial charge in [-0.3, -0.25) is 9.59 Å². The van der Waals surface area contributed by atoms with Crippen LogP contribution in [0.2, 0.25) is 0 Å². The van der Waals surface area contributed by atoms with E-state index in [0.717, 1.165) is 0 Å². The molecule has 0 N–H and O–H groups in total. The molecule has 0 aliphatic heterocycles. The molecule has 1 saturated carbocycles. The lowest BCUT2D eigenvalue weighted by molar-refractivity contribution is -0.164. The summed E-state index contributed by atoms with van der Waals surface area (Å²) in [5, 5.41) is 0. The minimum atomic E-state index is -0.457. The highest BCUT2D eigenvalue weighted by molar-refractivity contribution is 5.80. The SMILES string of the molecule is CC1CC(=O)CCC1OC(=O)C(C)(C)C. The van der Waals surface area contributed by atoms with Crippen molar-refractivity contribution in [1.29, 1.82) is 0 Å². The van der Waals surface area contributed by atoms with E-state index in [2.05, 4.69) is 0 Å². The summed E-state index contributed by atoms with van der Waals surface area (Å²) < 4.78 is 5.43. The lowest BCUT2D eigenvalue weighted by atomic mass is 9.86. The van der Waals surface area contributed by atoms with Gasteiger partial charge in [-0.25, -0.2) is 0 Å². The van der Waals surface area contributed by atoms with Crippen molar-refractivity contribution >= 4 is 11.8 Å². The fourth-order valence-corrected chi connectivity index (χ4v) is 1.67. The lowest BCUT2D eigenvalue weighted by Gasteiger charge is -2.30. The Kier molecular flexibility index (Phi) is 3.53. The average Bonchev–Trinajstić information content (AvgIpc) is 2.08. The lowest BCUT2D eigenvalue weighted by Crippen LogP contribution is -2.35. The van der Waals surface area contributed by atoms with E-state index >= 15 is 0 Å². The molecule has 0 heterocycles. The molecular weight excluding hydrogens is 192 g/mol. The second-order valence-electron chi connectivity index (χ2n) is 5.45. The summed E-state index contributed by atoms with van der Waals surface area (Å²) >= 11 is 0. The van der Waals surface area contributed by atoms with Crippen LogP contribution in [-0.4, -0.2) is 17.9 Å². The molecule has 0 amide bonds. The Balaban J connectivity index is 2.52. The molecule has 0 spiro atoms. The molecule has 3 nitrogen and oxygen atoms in total. The standard InChI is InChI=1S/C12H20O3/c1-8-7-9(13)5-6-10(8)15-11(14)12(2,3)4/h8,10H,5-7H2,1-4H3. The summed E-state index contributed by atoms with van der Waals surface area (Å²) in [6.45, 7) is 7.49. The second kappa shape index (κ2) is 4.33. The first-order valence-corrected chi connectivity index (χ1v) is 5.53. The minimum Gasteiger partial charge on any atom is -0.462 e. The van der Waals surface area contributed by atoms with E-state index in [4.69, 9.17) is 4.74 Å². The maximum absolute atomic E-state index is 11.7. The molecule has 0 aromatic rings. The van der Waals surface area contributed by atoms with Crippen LogP contribution in [0.3, 0.4) is 0 Å². The van der Waals surface area contributed by atoms with Crippen molar-refractivity contribution in [3.05, 3.63) is 0 Å². The Hall–Kier alpha value is -0.860. The molecule has 0 aromatic heterocycles. The Morgan fingerprint density at radius 1 is 1.40 bits per heavy atom. The third kappa shape index (κ3) is 3.33. The summed E-state index contributed by atoms with van der Waals surface area (Å²) in [5.41, 5.74) is -0.457. The van der Waals surface area contributed by atoms with Gasteiger partial charge in [0.2, 0.25) is 0 Å². The van der Waals surface area contributed by atoms with Crippen molar-refractivity contribution in [3.8, 4) is 0 Å². The van der Waals surface area contributed by atoms with Crippen molar-refractivity contribution < 1.29 is 14.3 Å². The summed E-state index contributed by atoms with van der Waals surface area (Å²) in [4.78, 5) is 22.8. The van der Waals surface area contributed by atoms with Crippen LogP contribution in [0.25, 0.3) is 0 Å². The number of ketones is 1. The van der Waals surface area contributed by atoms with Crippen molar-refractivity contribution in [1.82, 2.24) is 0 Å². The van der Waals surface area contributed by atoms with Crippen molar-refractivity contribution in [2.24, 2.45) is 11.3 Å². The Bertz CT molecular complexity index is 263. The number of carbonyl (C=O) groups excluding carboxylic acids is 2. The van der Waals surface area contributed by atoms with E-state index in [9.17, 15) is 9.59 Å². The molecule has 15 heavy (non-hydrogen) atoms. The summed E-state index contributed by atoms with van der Waals surface area (Å²) in [6.07, 6.45) is 1.70. The van der Waals surface area contributed by atoms with Crippen LogP contribution in [0.1, 0.15) is 47.0 Å². The fraction of sp³-hybridized carbons (Fsp3) is 0.833. The number of rotatable bonds is 1. The van der Waals surface area contributed by atoms with Crippen LogP contribution in [0, 0.1) is 11.3 Å². The van der Waals surface area contributed by atoms with Crippen LogP contribution < -0.4 is 0 Å². The number of Topliss-reactive ketones (excluding diaryl/α,β-unsaturated/α-hetero) is 1. The molecule has 0 saturated heterocycles. The van der Waals surface area contributed by atoms with Gasteiger partial charge in [0.05, 0.1) is 5.41 Å². The Morgan fingerprint density at radius 3 is 2.47 bits per heavy atom. The highest BCUT2D eigenvalue weighted by atomic mass is 16.5. The van der Waals surface area contributed by atoms with Gasteiger partial charge < -0.3 is 4.74 Å². The van der Waals surface area contributed by atoms with E-state index in [1.807, 2.05) is 27.7 Å². The second-order valence-corrected chi connectivity index (χ2v) is 5.45. The predicted octanol–water partition coefficient (Wildman–Crippen LogP) is 2.33. The molecule has 0 radical (unpaired) electrons. The number of ether oxygens (including phenoxy) is 1. The average molecular weight is 212 g/mol. The van der Waals surface area contributed by atoms with Crippen LogP contribution in [0.4, 0.5) is 0 Å². The van der Waals surface area contributed by atoms with E-state index in [1.165, 1.54) is 0 Å². The molecule has 3 heteroatoms. The molecule has 1 aliphatic carbocycles. The van der Waals surface area contributed by atoms with Gasteiger partial charge in [0.25, 0.3) is 0 Å². The zero-order valence-corrected chi connectivity index (χ0v) is 10.0. The van der Waals surface area contributed by atoms with Gasteiger partial charge in [0, 0.05) is 12.8 Å². The monoisotopic (exact) mass is 212 g/mol. The quantitative estimate of drug-likeness (QED) is 0.626. The first-order chi connectivity index (χ1) is 6.80. The van der Waals surface area contributed by atoms with Gasteiger partial charge in [-0.2, -0.15) is 0 Å². The maximum atomic E-state index is 11.7. The van der Waals surface area contributed by atoms with Crippen molar-refractivity contribution in [3.63, 3.8) is 0 Å². The number of hydrogen-bond donors (Lipinski definition) is 0. The van der Waals surface area contributed by atoms with Gasteiger partial charge in [-0.15, -0.1) is 0 Å². The van der Waals surface area contributed by atoms with Crippen LogP contribution in [-0.2, 0) is 14.3 Å². The molecule has 2 atom stereocenters. The topological polar surface area (TPSA) is 43.4 Å². The van der Waals surface area contributed by atoms with Crippen LogP contribution in [0.15, 0.2) is 0 Å². The predicted molar refractivity (Wildman–Crippen MR) is 57.4 cm³/mol. The van der Waals surface area contributed by atoms with Crippen LogP contribution >= 0.6 is 0 Å². The highest BCUT2D eigenvalue weighted by Gasteiger charge is 2.32. The van der Waals surface area contributed by atoms with Gasteiger partial charge in [0.1, 0.15) is 11.9 Å². The van der Waals surface area contributed by atoms with Crippen molar-refractivity contribution in [2.45, 2.75) is 53.1 Å². The molecule has 1 fully saturated rings. The van der Waals surface area contributed by atoms with E-state index in [1.54, 1.807) is 0 Å².